The van der Waals surface area contributed by atoms with E-state index >= 15 is 0 Å². The van der Waals surface area contributed by atoms with Gasteiger partial charge in [0.15, 0.2) is 0 Å². The second-order valence-corrected chi connectivity index (χ2v) is 4.25. The monoisotopic (exact) mass is 205 g/mol. The Labute approximate surface area is 91.4 Å². The molecule has 1 aromatic carbocycles. The van der Waals surface area contributed by atoms with Crippen molar-refractivity contribution in [3.8, 4) is 5.75 Å². The third kappa shape index (κ3) is 2.15. The molecule has 0 saturated carbocycles. The van der Waals surface area contributed by atoms with Crippen LogP contribution >= 0.6 is 0 Å². The predicted octanol–water partition coefficient (Wildman–Crippen LogP) is 2.15. The van der Waals surface area contributed by atoms with Gasteiger partial charge < -0.3 is 10.5 Å². The summed E-state index contributed by atoms with van der Waals surface area (Å²) in [7, 11) is 0. The SMILES string of the molecule is CCCOc1cccc2c1CC(CN)C2. The zero-order valence-corrected chi connectivity index (χ0v) is 9.33. The van der Waals surface area contributed by atoms with Crippen molar-refractivity contribution < 1.29 is 4.74 Å². The fraction of sp³-hybridized carbons (Fsp3) is 0.538. The maximum Gasteiger partial charge on any atom is 0.122 e. The van der Waals surface area contributed by atoms with E-state index in [1.807, 2.05) is 0 Å². The highest BCUT2D eigenvalue weighted by molar-refractivity contribution is 5.43. The van der Waals surface area contributed by atoms with Crippen LogP contribution < -0.4 is 10.5 Å². The molecular weight excluding hydrogens is 186 g/mol. The highest BCUT2D eigenvalue weighted by Gasteiger charge is 2.22. The largest absolute Gasteiger partial charge is 0.493 e. The lowest BCUT2D eigenvalue weighted by atomic mass is 10.1. The second-order valence-electron chi connectivity index (χ2n) is 4.25. The van der Waals surface area contributed by atoms with Gasteiger partial charge in [-0.15, -0.1) is 0 Å². The van der Waals surface area contributed by atoms with Gasteiger partial charge >= 0.3 is 0 Å². The third-order valence-electron chi connectivity index (χ3n) is 3.03. The summed E-state index contributed by atoms with van der Waals surface area (Å²) in [6.07, 6.45) is 3.27. The van der Waals surface area contributed by atoms with Crippen molar-refractivity contribution in [2.75, 3.05) is 13.2 Å². The van der Waals surface area contributed by atoms with Gasteiger partial charge in [-0.2, -0.15) is 0 Å². The van der Waals surface area contributed by atoms with E-state index in [1.165, 1.54) is 11.1 Å². The van der Waals surface area contributed by atoms with Crippen molar-refractivity contribution in [2.45, 2.75) is 26.2 Å². The fourth-order valence-corrected chi connectivity index (χ4v) is 2.22. The van der Waals surface area contributed by atoms with E-state index in [0.717, 1.165) is 38.2 Å². The van der Waals surface area contributed by atoms with Crippen LogP contribution in [0.2, 0.25) is 0 Å². The Balaban J connectivity index is 2.17. The molecule has 0 spiro atoms. The minimum Gasteiger partial charge on any atom is -0.493 e. The van der Waals surface area contributed by atoms with Crippen molar-refractivity contribution in [3.63, 3.8) is 0 Å². The molecule has 2 heteroatoms. The molecule has 1 aliphatic carbocycles. The average molecular weight is 205 g/mol. The first-order chi connectivity index (χ1) is 7.35. The van der Waals surface area contributed by atoms with Gasteiger partial charge in [0, 0.05) is 0 Å². The lowest BCUT2D eigenvalue weighted by Gasteiger charge is -2.09. The van der Waals surface area contributed by atoms with Crippen molar-refractivity contribution >= 4 is 0 Å². The van der Waals surface area contributed by atoms with Crippen molar-refractivity contribution in [3.05, 3.63) is 29.3 Å². The first kappa shape index (κ1) is 10.5. The van der Waals surface area contributed by atoms with Crippen LogP contribution in [0.3, 0.4) is 0 Å². The summed E-state index contributed by atoms with van der Waals surface area (Å²) < 4.78 is 5.75. The van der Waals surface area contributed by atoms with Gasteiger partial charge in [-0.1, -0.05) is 19.1 Å². The van der Waals surface area contributed by atoms with Crippen LogP contribution in [0.25, 0.3) is 0 Å². The molecule has 1 aromatic rings. The van der Waals surface area contributed by atoms with E-state index in [4.69, 9.17) is 10.5 Å². The summed E-state index contributed by atoms with van der Waals surface area (Å²) in [5.41, 5.74) is 8.54. The highest BCUT2D eigenvalue weighted by atomic mass is 16.5. The Bertz CT molecular complexity index is 335. The van der Waals surface area contributed by atoms with Crippen molar-refractivity contribution in [1.82, 2.24) is 0 Å². The number of nitrogens with two attached hydrogens (primary N) is 1. The fourth-order valence-electron chi connectivity index (χ4n) is 2.22. The molecule has 0 aromatic heterocycles. The Kier molecular flexibility index (Phi) is 3.27. The molecule has 0 amide bonds. The molecule has 1 aliphatic rings. The van der Waals surface area contributed by atoms with Crippen molar-refractivity contribution in [2.24, 2.45) is 11.7 Å². The minimum absolute atomic E-state index is 0.617. The van der Waals surface area contributed by atoms with Crippen LogP contribution in [0.1, 0.15) is 24.5 Å². The van der Waals surface area contributed by atoms with E-state index in [1.54, 1.807) is 0 Å². The maximum absolute atomic E-state index is 5.75. The van der Waals surface area contributed by atoms with Gasteiger partial charge in [-0.05, 0) is 48.9 Å². The molecule has 1 atom stereocenters. The van der Waals surface area contributed by atoms with E-state index in [0.29, 0.717) is 5.92 Å². The Morgan fingerprint density at radius 1 is 1.40 bits per heavy atom. The van der Waals surface area contributed by atoms with E-state index in [-0.39, 0.29) is 0 Å². The van der Waals surface area contributed by atoms with E-state index < -0.39 is 0 Å². The van der Waals surface area contributed by atoms with Crippen LogP contribution in [0.4, 0.5) is 0 Å². The van der Waals surface area contributed by atoms with Gasteiger partial charge in [0.2, 0.25) is 0 Å². The molecule has 0 bridgehead atoms. The molecule has 0 fully saturated rings. The highest BCUT2D eigenvalue weighted by Crippen LogP contribution is 2.33. The number of rotatable bonds is 4. The summed E-state index contributed by atoms with van der Waals surface area (Å²) in [5, 5.41) is 0. The molecule has 82 valence electrons. The van der Waals surface area contributed by atoms with Gasteiger partial charge in [0.1, 0.15) is 5.75 Å². The van der Waals surface area contributed by atoms with Gasteiger partial charge in [0.25, 0.3) is 0 Å². The minimum atomic E-state index is 0.617. The second kappa shape index (κ2) is 4.67. The number of fused-ring (bicyclic) bond motifs is 1. The maximum atomic E-state index is 5.75. The first-order valence-corrected chi connectivity index (χ1v) is 5.78. The molecule has 2 N–H and O–H groups in total. The zero-order valence-electron chi connectivity index (χ0n) is 9.33. The zero-order chi connectivity index (χ0) is 10.7. The smallest absolute Gasteiger partial charge is 0.122 e. The summed E-state index contributed by atoms with van der Waals surface area (Å²) in [5.74, 6) is 1.69. The Morgan fingerprint density at radius 2 is 2.27 bits per heavy atom. The molecule has 1 unspecified atom stereocenters. The summed E-state index contributed by atoms with van der Waals surface area (Å²) >= 11 is 0. The van der Waals surface area contributed by atoms with Crippen LogP contribution in [-0.4, -0.2) is 13.2 Å². The molecular formula is C13H19NO. The Hall–Kier alpha value is -1.02. The number of benzene rings is 1. The normalized spacial score (nSPS) is 18.9. The quantitative estimate of drug-likeness (QED) is 0.817. The topological polar surface area (TPSA) is 35.2 Å². The van der Waals surface area contributed by atoms with Crippen LogP contribution in [0, 0.1) is 5.92 Å². The molecule has 2 rings (SSSR count). The Morgan fingerprint density at radius 3 is 3.00 bits per heavy atom. The number of ether oxygens (including phenoxy) is 1. The molecule has 2 nitrogen and oxygen atoms in total. The van der Waals surface area contributed by atoms with Gasteiger partial charge in [0.05, 0.1) is 6.61 Å². The molecule has 0 heterocycles. The average Bonchev–Trinajstić information content (AvgIpc) is 2.69. The van der Waals surface area contributed by atoms with Crippen LogP contribution in [0.15, 0.2) is 18.2 Å². The lowest BCUT2D eigenvalue weighted by Crippen LogP contribution is -2.13. The summed E-state index contributed by atoms with van der Waals surface area (Å²) in [6.45, 7) is 3.72. The van der Waals surface area contributed by atoms with Gasteiger partial charge in [-0.3, -0.25) is 0 Å². The summed E-state index contributed by atoms with van der Waals surface area (Å²) in [6, 6.07) is 6.36. The first-order valence-electron chi connectivity index (χ1n) is 5.78. The summed E-state index contributed by atoms with van der Waals surface area (Å²) in [4.78, 5) is 0. The van der Waals surface area contributed by atoms with Crippen molar-refractivity contribution in [1.29, 1.82) is 0 Å². The van der Waals surface area contributed by atoms with Crippen LogP contribution in [0.5, 0.6) is 5.75 Å². The standard InChI is InChI=1S/C13H19NO/c1-2-6-15-13-5-3-4-11-7-10(9-14)8-12(11)13/h3-5,10H,2,6-9,14H2,1H3. The van der Waals surface area contributed by atoms with Gasteiger partial charge in [-0.25, -0.2) is 0 Å². The third-order valence-corrected chi connectivity index (χ3v) is 3.03. The van der Waals surface area contributed by atoms with Crippen LogP contribution in [-0.2, 0) is 12.8 Å². The molecule has 0 saturated heterocycles. The number of hydrogen-bond acceptors (Lipinski definition) is 2. The van der Waals surface area contributed by atoms with E-state index in [2.05, 4.69) is 25.1 Å². The number of hydrogen-bond donors (Lipinski definition) is 1. The lowest BCUT2D eigenvalue weighted by molar-refractivity contribution is 0.314. The predicted molar refractivity (Wildman–Crippen MR) is 62.2 cm³/mol. The molecule has 0 radical (unpaired) electrons. The molecule has 15 heavy (non-hydrogen) atoms. The van der Waals surface area contributed by atoms with E-state index in [9.17, 15) is 0 Å². The molecule has 0 aliphatic heterocycles.